The molecule has 0 radical (unpaired) electrons. The van der Waals surface area contributed by atoms with E-state index in [2.05, 4.69) is 67.8 Å². The zero-order chi connectivity index (χ0) is 94.2. The second-order valence-corrected chi connectivity index (χ2v) is 36.8. The Bertz CT molecular complexity index is 4000. The number of benzene rings is 3. The first kappa shape index (κ1) is 112. The Kier molecular flexibility index (Phi) is 59.3. The molecule has 1 aliphatic rings. The zero-order valence-electron chi connectivity index (χ0n) is 74.8. The summed E-state index contributed by atoms with van der Waals surface area (Å²) in [5, 5.41) is 28.2. The van der Waals surface area contributed by atoms with Crippen molar-refractivity contribution in [1.82, 2.24) is 47.9 Å². The van der Waals surface area contributed by atoms with Gasteiger partial charge in [0.05, 0.1) is 37.7 Å². The number of rotatable bonds is 66. The Labute approximate surface area is 774 Å². The zero-order valence-corrected chi connectivity index (χ0v) is 78.0. The number of amides is 9. The van der Waals surface area contributed by atoms with Gasteiger partial charge in [-0.25, -0.2) is 0 Å². The van der Waals surface area contributed by atoms with Crippen LogP contribution in [0.15, 0.2) is 92.8 Å². The molecule has 9 atom stereocenters. The first-order chi connectivity index (χ1) is 62.1. The third kappa shape index (κ3) is 52.8. The number of nitrogens with one attached hydrogen (secondary N) is 9. The summed E-state index contributed by atoms with van der Waals surface area (Å²) in [5.41, 5.74) is 57.7. The molecule has 0 aliphatic carbocycles. The number of hydrogen-bond donors (Lipinski definition) is 19. The van der Waals surface area contributed by atoms with Gasteiger partial charge in [0.15, 0.2) is 41.2 Å². The number of carbonyl (C=O) groups excluding carboxylic acids is 12. The minimum atomic E-state index is -1.62. The van der Waals surface area contributed by atoms with Crippen LogP contribution in [0, 0.1) is 17.8 Å². The molecule has 38 nitrogen and oxygen atoms in total. The number of primary amides is 2. The first-order valence-electron chi connectivity index (χ1n) is 44.7. The number of Topliss-reactive ketones (excluding diaryl/α,β-unsaturated/α-hetero) is 3. The number of ketones is 3. The quantitative estimate of drug-likeness (QED) is 0.0165. The number of aliphatic imine (C=N–C) groups is 4. The molecule has 129 heavy (non-hydrogen) atoms. The summed E-state index contributed by atoms with van der Waals surface area (Å²) in [6, 6.07) is 12.9. The fourth-order valence-electron chi connectivity index (χ4n) is 13.7. The second-order valence-electron chi connectivity index (χ2n) is 31.6. The lowest BCUT2D eigenvalue weighted by Crippen LogP contribution is -2.59. The van der Waals surface area contributed by atoms with E-state index in [9.17, 15) is 38.4 Å². The lowest BCUT2D eigenvalue weighted by atomic mass is 9.90. The third-order valence-corrected chi connectivity index (χ3v) is 25.8. The molecule has 0 saturated carbocycles. The molecule has 3 aromatic carbocycles. The van der Waals surface area contributed by atoms with E-state index in [1.807, 2.05) is 43.3 Å². The van der Waals surface area contributed by atoms with E-state index in [4.69, 9.17) is 71.5 Å². The smallest absolute Gasteiger partial charge is 0.243 e. The van der Waals surface area contributed by atoms with E-state index in [1.165, 1.54) is 62.2 Å². The summed E-state index contributed by atoms with van der Waals surface area (Å²) in [5.74, 6) is -8.43. The number of nitrogens with zero attached hydrogens (tertiary/aromatic N) is 4. The van der Waals surface area contributed by atoms with Gasteiger partial charge in [-0.05, 0) is 132 Å². The van der Waals surface area contributed by atoms with Gasteiger partial charge in [-0.2, -0.15) is 0 Å². The molecule has 3 aromatic rings. The number of fused-ring (bicyclic) bond motifs is 1. The van der Waals surface area contributed by atoms with Crippen LogP contribution in [0.5, 0.6) is 0 Å². The van der Waals surface area contributed by atoms with Crippen LogP contribution in [0.1, 0.15) is 172 Å². The van der Waals surface area contributed by atoms with Crippen LogP contribution in [-0.4, -0.2) is 252 Å². The summed E-state index contributed by atoms with van der Waals surface area (Å²) in [6.45, 7) is 5.87. The third-order valence-electron chi connectivity index (χ3n) is 20.8. The van der Waals surface area contributed by atoms with Gasteiger partial charge in [-0.1, -0.05) is 167 Å². The minimum Gasteiger partial charge on any atom is -0.377 e. The highest BCUT2D eigenvalue weighted by Crippen LogP contribution is 2.29. The van der Waals surface area contributed by atoms with Gasteiger partial charge in [0.25, 0.3) is 0 Å². The van der Waals surface area contributed by atoms with Gasteiger partial charge < -0.3 is 119 Å². The normalized spacial score (nSPS) is 17.7. The Balaban J connectivity index is 1.36. The molecule has 0 spiro atoms. The van der Waals surface area contributed by atoms with Gasteiger partial charge in [0.2, 0.25) is 53.2 Å². The highest BCUT2D eigenvalue weighted by Gasteiger charge is 2.37. The van der Waals surface area contributed by atoms with Gasteiger partial charge in [0.1, 0.15) is 43.4 Å². The van der Waals surface area contributed by atoms with Gasteiger partial charge >= 0.3 is 0 Å². The molecule has 0 bridgehead atoms. The number of nitrogens with two attached hydrogens (primary N) is 10. The molecule has 42 heteroatoms. The van der Waals surface area contributed by atoms with Crippen molar-refractivity contribution < 1.29 is 71.7 Å². The molecule has 1 fully saturated rings. The molecule has 0 aromatic heterocycles. The lowest BCUT2D eigenvalue weighted by molar-refractivity contribution is -0.136. The largest absolute Gasteiger partial charge is 0.377 e. The van der Waals surface area contributed by atoms with Crippen molar-refractivity contribution in [1.29, 1.82) is 0 Å². The highest BCUT2D eigenvalue weighted by atomic mass is 33.1. The summed E-state index contributed by atoms with van der Waals surface area (Å²) < 4.78 is 16.4. The maximum absolute atomic E-state index is 15.3. The first-order valence-corrected chi connectivity index (χ1v) is 49.7. The predicted molar refractivity (Wildman–Crippen MR) is 513 cm³/mol. The molecule has 4 rings (SSSR count). The molecule has 29 N–H and O–H groups in total. The van der Waals surface area contributed by atoms with Crippen LogP contribution in [0.2, 0.25) is 0 Å². The predicted octanol–water partition coefficient (Wildman–Crippen LogP) is 1.66. The molecule has 720 valence electrons. The molecule has 1 saturated heterocycles. The van der Waals surface area contributed by atoms with Crippen molar-refractivity contribution in [2.45, 2.75) is 210 Å². The van der Waals surface area contributed by atoms with E-state index < -0.39 is 126 Å². The Morgan fingerprint density at radius 2 is 0.829 bits per heavy atom. The van der Waals surface area contributed by atoms with Crippen LogP contribution in [-0.2, 0) is 84.6 Å². The van der Waals surface area contributed by atoms with Crippen molar-refractivity contribution in [2.24, 2.45) is 95.1 Å². The topological polar surface area (TPSA) is 650 Å². The fraction of sp³-hybridized carbons (Fsp3) is 0.632. The van der Waals surface area contributed by atoms with Crippen molar-refractivity contribution >= 4 is 148 Å². The number of ether oxygens (including phenoxy) is 3. The van der Waals surface area contributed by atoms with E-state index >= 15 is 19.2 Å². The molecule has 1 heterocycles. The Morgan fingerprint density at radius 1 is 0.403 bits per heavy atom. The average Bonchev–Trinajstić information content (AvgIpc) is 1.59. The number of carbonyl (C=O) groups is 12. The van der Waals surface area contributed by atoms with Crippen LogP contribution in [0.25, 0.3) is 10.8 Å². The molecule has 1 aliphatic heterocycles. The van der Waals surface area contributed by atoms with E-state index in [0.717, 1.165) is 67.7 Å². The van der Waals surface area contributed by atoms with Crippen LogP contribution in [0.3, 0.4) is 0 Å². The fourth-order valence-corrected chi connectivity index (χ4v) is 18.4. The van der Waals surface area contributed by atoms with Crippen molar-refractivity contribution in [3.05, 3.63) is 83.9 Å². The van der Waals surface area contributed by atoms with Gasteiger partial charge in [-0.3, -0.25) is 77.5 Å². The minimum absolute atomic E-state index is 0.00746. The van der Waals surface area contributed by atoms with E-state index in [-0.39, 0.29) is 185 Å². The molecular weight excluding hydrogens is 1740 g/mol. The van der Waals surface area contributed by atoms with Crippen molar-refractivity contribution in [2.75, 3.05) is 122 Å². The highest BCUT2D eigenvalue weighted by molar-refractivity contribution is 8.77. The van der Waals surface area contributed by atoms with Crippen LogP contribution >= 0.6 is 43.2 Å². The van der Waals surface area contributed by atoms with E-state index in [0.29, 0.717) is 29.2 Å². The van der Waals surface area contributed by atoms with Crippen LogP contribution < -0.4 is 105 Å². The summed E-state index contributed by atoms with van der Waals surface area (Å²) in [7, 11) is 6.44. The number of guanidine groups is 4. The average molecular weight is 1880 g/mol. The number of unbranched alkanes of at least 4 members (excludes halogenated alkanes) is 9. The standard InChI is InChI=1S/C87H143N23O15S4/c1-2-123-55-66(111)52-64(76(88)115)58-129-127-48-43-99-37-22-36-98-35-16-9-7-5-3-4-6-8-10-17-47-126-128-57-65(77(89)116)53-67(112)56-125-46-45-124-44-42-100-75(114)34-33-71-82(121)110-73(50-59-23-12-11-13-24-59)83(122)109-72(51-60-31-32-61-25-14-15-26-62(61)49-60)74(113)54-63(27-18-38-101-84(90)91)78(117)105-68(28-19-39-102-85(92)93)79(118)106-69(29-20-40-103-86(94)95)80(119)107-70(81(120)108-71)30-21-41-104-87(96)97/h11-15,23-26,31-32,49,63-65,68-73,98-99H,2-10,16-22,27-30,33-48,50-58H2,1H3,(H2,88,115)(H2,89,116)(H,100,114)(H,105,117)(H,106,118)(H,107,119)(H,108,120)(H,109,122)(H,110,121)(H4,90,91,101)(H4,92,93,102)(H4,94,95,103)(H4,96,97,104)/t63-,64+,65+,68-,69+,70-,71+,72+,73-/m1/s1. The lowest BCUT2D eigenvalue weighted by Gasteiger charge is -2.27. The summed E-state index contributed by atoms with van der Waals surface area (Å²) >= 11 is 0. The molecule has 0 unspecified atom stereocenters. The summed E-state index contributed by atoms with van der Waals surface area (Å²) in [4.78, 5) is 185. The van der Waals surface area contributed by atoms with Crippen LogP contribution in [0.4, 0.5) is 0 Å². The Hall–Kier alpha value is -9.56. The summed E-state index contributed by atoms with van der Waals surface area (Å²) in [6.07, 6.45) is 11.5. The Morgan fingerprint density at radius 3 is 1.36 bits per heavy atom. The monoisotopic (exact) mass is 1880 g/mol. The maximum atomic E-state index is 15.3. The van der Waals surface area contributed by atoms with E-state index in [1.54, 1.807) is 68.8 Å². The SMILES string of the molecule is CCOCC(=O)C[C@@H](CSSCCNCCCNCCCCCCCCCCCCSSC[C@H](CC(=O)COCCOCCNC(=O)CC[C@@H]1NC(=O)[C@@H](CCCN=C(N)N)NC(=O)[C@H](CCCN=C(N)N)NC(=O)[C@@H](CCCN=C(N)N)NC(=O)[C@H](CCCN=C(N)N)CC(=O)[C@H](Cc2ccc3ccccc3c2)NC(=O)[C@@H](Cc2ccccc2)NC1=O)C(N)=O)C(N)=O. The van der Waals surface area contributed by atoms with Crippen molar-refractivity contribution in [3.8, 4) is 0 Å². The number of hydrogen-bond acceptors (Lipinski definition) is 25. The van der Waals surface area contributed by atoms with Gasteiger partial charge in [0, 0.05) is 107 Å². The molecule has 9 amide bonds. The van der Waals surface area contributed by atoms with Crippen molar-refractivity contribution in [3.63, 3.8) is 0 Å². The maximum Gasteiger partial charge on any atom is 0.243 e. The van der Waals surface area contributed by atoms with Gasteiger partial charge in [-0.15, -0.1) is 0 Å². The molecular formula is C87H143N23O15S4. The second kappa shape index (κ2) is 68.5.